The van der Waals surface area contributed by atoms with E-state index in [2.05, 4.69) is 5.32 Å². The van der Waals surface area contributed by atoms with E-state index in [1.165, 1.54) is 29.6 Å². The largest absolute Gasteiger partial charge is 0.495 e. The normalized spacial score (nSPS) is 20.4. The summed E-state index contributed by atoms with van der Waals surface area (Å²) in [5.41, 5.74) is 0.370. The van der Waals surface area contributed by atoms with Crippen LogP contribution >= 0.6 is 0 Å². The van der Waals surface area contributed by atoms with Crippen molar-refractivity contribution in [2.24, 2.45) is 0 Å². The Morgan fingerprint density at radius 3 is 2.85 bits per heavy atom. The molecule has 2 rings (SSSR count). The topological polar surface area (TPSA) is 82.4 Å². The van der Waals surface area contributed by atoms with E-state index >= 15 is 0 Å². The summed E-state index contributed by atoms with van der Waals surface area (Å²) in [5, 5.41) is 12.1. The molecule has 108 valence electrons. The van der Waals surface area contributed by atoms with Gasteiger partial charge in [-0.25, -0.2) is 8.42 Å². The first-order valence-corrected chi connectivity index (χ1v) is 7.74. The van der Waals surface area contributed by atoms with Gasteiger partial charge in [-0.1, -0.05) is 0 Å². The lowest BCUT2D eigenvalue weighted by Gasteiger charge is -2.31. The van der Waals surface area contributed by atoms with E-state index in [0.29, 0.717) is 25.2 Å². The Morgan fingerprint density at radius 2 is 2.25 bits per heavy atom. The summed E-state index contributed by atoms with van der Waals surface area (Å²) < 4.78 is 31.9. The van der Waals surface area contributed by atoms with Gasteiger partial charge in [0.1, 0.15) is 10.6 Å². The second-order valence-electron chi connectivity index (χ2n) is 4.70. The fraction of sp³-hybridized carbons (Fsp3) is 0.462. The van der Waals surface area contributed by atoms with Crippen LogP contribution in [0.1, 0.15) is 12.5 Å². The highest BCUT2D eigenvalue weighted by Crippen LogP contribution is 2.28. The second-order valence-corrected chi connectivity index (χ2v) is 6.60. The Labute approximate surface area is 119 Å². The molecule has 0 spiro atoms. The zero-order valence-electron chi connectivity index (χ0n) is 11.5. The summed E-state index contributed by atoms with van der Waals surface area (Å²) in [4.78, 5) is 0.105. The lowest BCUT2D eigenvalue weighted by molar-refractivity contribution is 0.308. The van der Waals surface area contributed by atoms with Crippen LogP contribution < -0.4 is 10.1 Å². The molecule has 1 N–H and O–H groups in total. The van der Waals surface area contributed by atoms with E-state index in [1.807, 2.05) is 13.0 Å². The van der Waals surface area contributed by atoms with Crippen molar-refractivity contribution < 1.29 is 13.2 Å². The molecule has 1 aromatic carbocycles. The van der Waals surface area contributed by atoms with E-state index in [-0.39, 0.29) is 16.7 Å². The SMILES string of the molecule is COc1cc(C#N)ccc1S(=O)(=O)N1CCNC(C)C1. The van der Waals surface area contributed by atoms with Gasteiger partial charge in [-0.05, 0) is 25.1 Å². The molecule has 1 unspecified atom stereocenters. The van der Waals surface area contributed by atoms with Crippen LogP contribution in [0.2, 0.25) is 0 Å². The van der Waals surface area contributed by atoms with Gasteiger partial charge in [0.05, 0.1) is 18.7 Å². The van der Waals surface area contributed by atoms with E-state index in [4.69, 9.17) is 10.00 Å². The Balaban J connectivity index is 2.41. The first-order valence-electron chi connectivity index (χ1n) is 6.30. The van der Waals surface area contributed by atoms with Crippen LogP contribution in [0.3, 0.4) is 0 Å². The fourth-order valence-electron chi connectivity index (χ4n) is 2.20. The fourth-order valence-corrected chi connectivity index (χ4v) is 3.87. The number of hydrogen-bond acceptors (Lipinski definition) is 5. The summed E-state index contributed by atoms with van der Waals surface area (Å²) in [6.45, 7) is 3.41. The molecule has 0 saturated carbocycles. The minimum Gasteiger partial charge on any atom is -0.495 e. The molecule has 1 saturated heterocycles. The van der Waals surface area contributed by atoms with Gasteiger partial charge < -0.3 is 10.1 Å². The number of ether oxygens (including phenoxy) is 1. The average Bonchev–Trinajstić information content (AvgIpc) is 2.46. The van der Waals surface area contributed by atoms with Crippen molar-refractivity contribution in [2.45, 2.75) is 17.9 Å². The molecule has 7 heteroatoms. The van der Waals surface area contributed by atoms with Crippen molar-refractivity contribution in [3.8, 4) is 11.8 Å². The van der Waals surface area contributed by atoms with Crippen LogP contribution in [0.25, 0.3) is 0 Å². The quantitative estimate of drug-likeness (QED) is 0.880. The minimum absolute atomic E-state index is 0.105. The zero-order valence-corrected chi connectivity index (χ0v) is 12.3. The maximum absolute atomic E-state index is 12.6. The maximum Gasteiger partial charge on any atom is 0.246 e. The van der Waals surface area contributed by atoms with Gasteiger partial charge in [0.25, 0.3) is 0 Å². The molecule has 1 heterocycles. The third-order valence-electron chi connectivity index (χ3n) is 3.24. The maximum atomic E-state index is 12.6. The zero-order chi connectivity index (χ0) is 14.8. The number of sulfonamides is 1. The predicted molar refractivity (Wildman–Crippen MR) is 73.9 cm³/mol. The van der Waals surface area contributed by atoms with Crippen molar-refractivity contribution in [1.82, 2.24) is 9.62 Å². The first kappa shape index (κ1) is 14.8. The summed E-state index contributed by atoms with van der Waals surface area (Å²) in [7, 11) is -2.21. The molecule has 1 atom stereocenters. The molecule has 20 heavy (non-hydrogen) atoms. The Bertz CT molecular complexity index is 637. The monoisotopic (exact) mass is 295 g/mol. The minimum atomic E-state index is -3.60. The van der Waals surface area contributed by atoms with Crippen molar-refractivity contribution in [2.75, 3.05) is 26.7 Å². The molecule has 1 aromatic rings. The molecule has 0 aromatic heterocycles. The number of hydrogen-bond donors (Lipinski definition) is 1. The number of nitrogens with zero attached hydrogens (tertiary/aromatic N) is 2. The highest BCUT2D eigenvalue weighted by molar-refractivity contribution is 7.89. The number of rotatable bonds is 3. The number of methoxy groups -OCH3 is 1. The predicted octanol–water partition coefficient (Wildman–Crippen LogP) is 0.549. The summed E-state index contributed by atoms with van der Waals surface area (Å²) in [6.07, 6.45) is 0. The smallest absolute Gasteiger partial charge is 0.246 e. The highest BCUT2D eigenvalue weighted by atomic mass is 32.2. The molecule has 1 aliphatic heterocycles. The standard InChI is InChI=1S/C13H17N3O3S/c1-10-9-16(6-5-15-10)20(17,18)13-4-3-11(8-14)7-12(13)19-2/h3-4,7,10,15H,5-6,9H2,1-2H3. The summed E-state index contributed by atoms with van der Waals surface area (Å²) in [5.74, 6) is 0.204. The van der Waals surface area contributed by atoms with E-state index < -0.39 is 10.0 Å². The average molecular weight is 295 g/mol. The molecule has 1 aliphatic rings. The van der Waals surface area contributed by atoms with Gasteiger partial charge in [0.15, 0.2) is 0 Å². The van der Waals surface area contributed by atoms with Gasteiger partial charge in [0.2, 0.25) is 10.0 Å². The van der Waals surface area contributed by atoms with Gasteiger partial charge in [-0.15, -0.1) is 0 Å². The van der Waals surface area contributed by atoms with Crippen LogP contribution in [0.4, 0.5) is 0 Å². The lowest BCUT2D eigenvalue weighted by atomic mass is 10.2. The number of piperazine rings is 1. The molecule has 0 amide bonds. The summed E-state index contributed by atoms with van der Waals surface area (Å²) in [6, 6.07) is 6.44. The van der Waals surface area contributed by atoms with E-state index in [1.54, 1.807) is 0 Å². The number of nitriles is 1. The van der Waals surface area contributed by atoms with Crippen LogP contribution in [0, 0.1) is 11.3 Å². The van der Waals surface area contributed by atoms with E-state index in [9.17, 15) is 8.42 Å². The van der Waals surface area contributed by atoms with Crippen molar-refractivity contribution in [3.63, 3.8) is 0 Å². The van der Waals surface area contributed by atoms with Gasteiger partial charge in [0, 0.05) is 25.7 Å². The van der Waals surface area contributed by atoms with E-state index in [0.717, 1.165) is 0 Å². The molecular formula is C13H17N3O3S. The van der Waals surface area contributed by atoms with Crippen molar-refractivity contribution in [3.05, 3.63) is 23.8 Å². The number of nitrogens with one attached hydrogen (secondary N) is 1. The highest BCUT2D eigenvalue weighted by Gasteiger charge is 2.30. The van der Waals surface area contributed by atoms with Crippen LogP contribution in [0.5, 0.6) is 5.75 Å². The third-order valence-corrected chi connectivity index (χ3v) is 5.15. The van der Waals surface area contributed by atoms with Crippen molar-refractivity contribution in [1.29, 1.82) is 5.26 Å². The molecule has 6 nitrogen and oxygen atoms in total. The van der Waals surface area contributed by atoms with Crippen molar-refractivity contribution >= 4 is 10.0 Å². The van der Waals surface area contributed by atoms with Crippen LogP contribution in [0.15, 0.2) is 23.1 Å². The third kappa shape index (κ3) is 2.77. The van der Waals surface area contributed by atoms with Gasteiger partial charge in [-0.2, -0.15) is 9.57 Å². The molecule has 0 aliphatic carbocycles. The van der Waals surface area contributed by atoms with Crippen LogP contribution in [-0.4, -0.2) is 45.5 Å². The molecule has 0 bridgehead atoms. The number of benzene rings is 1. The van der Waals surface area contributed by atoms with Gasteiger partial charge >= 0.3 is 0 Å². The van der Waals surface area contributed by atoms with Gasteiger partial charge in [-0.3, -0.25) is 0 Å². The second kappa shape index (κ2) is 5.79. The van der Waals surface area contributed by atoms with Crippen LogP contribution in [-0.2, 0) is 10.0 Å². The Kier molecular flexibility index (Phi) is 4.28. The lowest BCUT2D eigenvalue weighted by Crippen LogP contribution is -2.51. The Morgan fingerprint density at radius 1 is 1.50 bits per heavy atom. The Hall–Kier alpha value is -1.62. The molecular weight excluding hydrogens is 278 g/mol. The first-order chi connectivity index (χ1) is 9.48. The molecule has 1 fully saturated rings. The molecule has 0 radical (unpaired) electrons. The summed E-state index contributed by atoms with van der Waals surface area (Å²) >= 11 is 0.